The third kappa shape index (κ3) is 8.45. The first kappa shape index (κ1) is 15.6. The predicted molar refractivity (Wildman–Crippen MR) is 70.9 cm³/mol. The lowest BCUT2D eigenvalue weighted by molar-refractivity contribution is 0.112. The van der Waals surface area contributed by atoms with Gasteiger partial charge >= 0.3 is 0 Å². The van der Waals surface area contributed by atoms with Crippen molar-refractivity contribution in [2.75, 3.05) is 11.0 Å². The van der Waals surface area contributed by atoms with Gasteiger partial charge in [0.2, 0.25) is 10.0 Å². The summed E-state index contributed by atoms with van der Waals surface area (Å²) in [5.74, 6) is 0. The van der Waals surface area contributed by atoms with E-state index in [-0.39, 0.29) is 0 Å². The molecule has 0 aliphatic carbocycles. The number of sulfonamides is 1. The van der Waals surface area contributed by atoms with Crippen LogP contribution in [0.15, 0.2) is 24.3 Å². The second-order valence-electron chi connectivity index (χ2n) is 3.62. The Morgan fingerprint density at radius 2 is 1.82 bits per heavy atom. The third-order valence-corrected chi connectivity index (χ3v) is 2.43. The van der Waals surface area contributed by atoms with Crippen molar-refractivity contribution in [3.8, 4) is 0 Å². The van der Waals surface area contributed by atoms with Gasteiger partial charge in [0.15, 0.2) is 0 Å². The number of aldehydes is 1. The van der Waals surface area contributed by atoms with Crippen molar-refractivity contribution >= 4 is 22.0 Å². The molecule has 0 saturated carbocycles. The zero-order valence-electron chi connectivity index (χ0n) is 10.4. The van der Waals surface area contributed by atoms with Crippen LogP contribution >= 0.6 is 0 Å². The van der Waals surface area contributed by atoms with E-state index in [1.807, 2.05) is 0 Å². The molecule has 0 fully saturated rings. The second-order valence-corrected chi connectivity index (χ2v) is 5.37. The minimum atomic E-state index is -3.27. The van der Waals surface area contributed by atoms with Gasteiger partial charge in [-0.3, -0.25) is 9.52 Å². The highest BCUT2D eigenvalue weighted by Crippen LogP contribution is 2.09. The summed E-state index contributed by atoms with van der Waals surface area (Å²) >= 11 is 0. The molecule has 0 aliphatic rings. The molecule has 0 atom stereocenters. The Balaban J connectivity index is 0.000000557. The number of anilines is 1. The second kappa shape index (κ2) is 7.84. The molecule has 0 radical (unpaired) electrons. The molecule has 0 aliphatic heterocycles. The van der Waals surface area contributed by atoms with Gasteiger partial charge in [-0.25, -0.2) is 8.42 Å². The molecule has 0 aromatic heterocycles. The minimum absolute atomic E-state index is 0.395. The van der Waals surface area contributed by atoms with Crippen LogP contribution in [0, 0.1) is 0 Å². The van der Waals surface area contributed by atoms with Gasteiger partial charge in [-0.05, 0) is 12.1 Å². The van der Waals surface area contributed by atoms with E-state index in [2.05, 4.69) is 18.6 Å². The number of carbonyl (C=O) groups is 1. The summed E-state index contributed by atoms with van der Waals surface area (Å²) in [7, 11) is -3.27. The molecule has 0 unspecified atom stereocenters. The van der Waals surface area contributed by atoms with Crippen LogP contribution in [0.3, 0.4) is 0 Å². The highest BCUT2D eigenvalue weighted by atomic mass is 32.2. The van der Waals surface area contributed by atoms with E-state index in [4.69, 9.17) is 0 Å². The number of rotatable bonds is 4. The van der Waals surface area contributed by atoms with E-state index in [0.29, 0.717) is 17.5 Å². The van der Waals surface area contributed by atoms with Gasteiger partial charge in [0, 0.05) is 11.3 Å². The van der Waals surface area contributed by atoms with Crippen molar-refractivity contribution in [2.45, 2.75) is 26.7 Å². The van der Waals surface area contributed by atoms with Crippen LogP contribution in [0.4, 0.5) is 5.69 Å². The Kier molecular flexibility index (Phi) is 7.21. The van der Waals surface area contributed by atoms with E-state index >= 15 is 0 Å². The van der Waals surface area contributed by atoms with Crippen LogP contribution in [0.2, 0.25) is 0 Å². The summed E-state index contributed by atoms with van der Waals surface area (Å²) in [5.41, 5.74) is 0.834. The summed E-state index contributed by atoms with van der Waals surface area (Å²) in [6.45, 7) is 4.36. The lowest BCUT2D eigenvalue weighted by Gasteiger charge is -2.02. The molecule has 0 bridgehead atoms. The first-order valence-electron chi connectivity index (χ1n) is 5.46. The molecule has 0 heterocycles. The van der Waals surface area contributed by atoms with Gasteiger partial charge in [-0.2, -0.15) is 0 Å². The highest BCUT2D eigenvalue weighted by Gasteiger charge is 2.01. The Hall–Kier alpha value is -1.36. The maximum atomic E-state index is 10.8. The quantitative estimate of drug-likeness (QED) is 0.843. The molecular formula is C12H19NO3S. The van der Waals surface area contributed by atoms with E-state index in [1.165, 1.54) is 18.9 Å². The van der Waals surface area contributed by atoms with Gasteiger partial charge in [0.1, 0.15) is 6.29 Å². The third-order valence-electron chi connectivity index (χ3n) is 1.83. The summed E-state index contributed by atoms with van der Waals surface area (Å²) in [6, 6.07) is 6.25. The van der Waals surface area contributed by atoms with E-state index in [9.17, 15) is 13.2 Å². The SMILES string of the molecule is CCCC.CS(=O)(=O)Nc1cccc(C=O)c1. The topological polar surface area (TPSA) is 63.2 Å². The first-order chi connectivity index (χ1) is 7.92. The fourth-order valence-electron chi connectivity index (χ4n) is 0.890. The first-order valence-corrected chi connectivity index (χ1v) is 7.35. The Labute approximate surface area is 103 Å². The smallest absolute Gasteiger partial charge is 0.229 e. The number of nitrogens with one attached hydrogen (secondary N) is 1. The van der Waals surface area contributed by atoms with E-state index in [0.717, 1.165) is 6.26 Å². The van der Waals surface area contributed by atoms with E-state index < -0.39 is 10.0 Å². The van der Waals surface area contributed by atoms with Gasteiger partial charge in [0.25, 0.3) is 0 Å². The van der Waals surface area contributed by atoms with Crippen LogP contribution < -0.4 is 4.72 Å². The summed E-state index contributed by atoms with van der Waals surface area (Å²) < 4.78 is 23.9. The van der Waals surface area contributed by atoms with Gasteiger partial charge in [-0.1, -0.05) is 38.8 Å². The van der Waals surface area contributed by atoms with Crippen molar-refractivity contribution in [3.05, 3.63) is 29.8 Å². The minimum Gasteiger partial charge on any atom is -0.298 e. The number of unbranched alkanes of at least 4 members (excludes halogenated alkanes) is 1. The number of carbonyl (C=O) groups excluding carboxylic acids is 1. The summed E-state index contributed by atoms with van der Waals surface area (Å²) in [5, 5.41) is 0. The molecule has 0 amide bonds. The van der Waals surface area contributed by atoms with Crippen molar-refractivity contribution in [2.24, 2.45) is 0 Å². The molecule has 0 spiro atoms. The van der Waals surface area contributed by atoms with Crippen LogP contribution in [-0.2, 0) is 10.0 Å². The fourth-order valence-corrected chi connectivity index (χ4v) is 1.44. The Morgan fingerprint density at radius 3 is 2.24 bits per heavy atom. The average Bonchev–Trinajstić information content (AvgIpc) is 2.27. The molecule has 96 valence electrons. The van der Waals surface area contributed by atoms with Crippen LogP contribution in [-0.4, -0.2) is 21.0 Å². The molecule has 4 nitrogen and oxygen atoms in total. The van der Waals surface area contributed by atoms with Crippen LogP contribution in [0.5, 0.6) is 0 Å². The van der Waals surface area contributed by atoms with Gasteiger partial charge in [0.05, 0.1) is 6.26 Å². The zero-order chi connectivity index (χ0) is 13.3. The van der Waals surface area contributed by atoms with Gasteiger partial charge in [-0.15, -0.1) is 0 Å². The van der Waals surface area contributed by atoms with Crippen LogP contribution in [0.25, 0.3) is 0 Å². The monoisotopic (exact) mass is 257 g/mol. The van der Waals surface area contributed by atoms with Crippen molar-refractivity contribution in [3.63, 3.8) is 0 Å². The molecule has 17 heavy (non-hydrogen) atoms. The lowest BCUT2D eigenvalue weighted by Crippen LogP contribution is -2.09. The summed E-state index contributed by atoms with van der Waals surface area (Å²) in [6.07, 6.45) is 4.36. The summed E-state index contributed by atoms with van der Waals surface area (Å²) in [4.78, 5) is 10.3. The largest absolute Gasteiger partial charge is 0.298 e. The van der Waals surface area contributed by atoms with Gasteiger partial charge < -0.3 is 0 Å². The number of benzene rings is 1. The number of hydrogen-bond acceptors (Lipinski definition) is 3. The normalized spacial score (nSPS) is 10.1. The molecule has 1 N–H and O–H groups in total. The Morgan fingerprint density at radius 1 is 1.24 bits per heavy atom. The van der Waals surface area contributed by atoms with Crippen molar-refractivity contribution in [1.82, 2.24) is 0 Å². The molecule has 0 saturated heterocycles. The standard InChI is InChI=1S/C8H9NO3S.C4H10/c1-13(11,12)9-8-4-2-3-7(5-8)6-10;1-3-4-2/h2-6,9H,1H3;3-4H2,1-2H3. The van der Waals surface area contributed by atoms with Crippen LogP contribution in [0.1, 0.15) is 37.0 Å². The fraction of sp³-hybridized carbons (Fsp3) is 0.417. The molecular weight excluding hydrogens is 238 g/mol. The maximum Gasteiger partial charge on any atom is 0.229 e. The molecule has 5 heteroatoms. The van der Waals surface area contributed by atoms with E-state index in [1.54, 1.807) is 18.2 Å². The van der Waals surface area contributed by atoms with Crippen molar-refractivity contribution < 1.29 is 13.2 Å². The lowest BCUT2D eigenvalue weighted by atomic mass is 10.2. The molecule has 1 rings (SSSR count). The highest BCUT2D eigenvalue weighted by molar-refractivity contribution is 7.92. The average molecular weight is 257 g/mol. The molecule has 1 aromatic rings. The molecule has 1 aromatic carbocycles. The Bertz CT molecular complexity index is 439. The maximum absolute atomic E-state index is 10.8. The van der Waals surface area contributed by atoms with Crippen molar-refractivity contribution in [1.29, 1.82) is 0 Å². The predicted octanol–water partition coefficient (Wildman–Crippen LogP) is 2.68. The number of hydrogen-bond donors (Lipinski definition) is 1. The zero-order valence-corrected chi connectivity index (χ0v) is 11.3.